The van der Waals surface area contributed by atoms with Gasteiger partial charge < -0.3 is 23.9 Å². The quantitative estimate of drug-likeness (QED) is 0.178. The fourth-order valence-corrected chi connectivity index (χ4v) is 4.03. The van der Waals surface area contributed by atoms with E-state index in [0.717, 1.165) is 35.3 Å². The van der Waals surface area contributed by atoms with E-state index in [-0.39, 0.29) is 23.0 Å². The van der Waals surface area contributed by atoms with E-state index in [1.165, 1.54) is 12.1 Å². The van der Waals surface area contributed by atoms with Gasteiger partial charge in [0.1, 0.15) is 16.7 Å². The summed E-state index contributed by atoms with van der Waals surface area (Å²) in [7, 11) is 0. The first-order valence-electron chi connectivity index (χ1n) is 11.4. The molecule has 0 radical (unpaired) electrons. The standard InChI is InChI=1S/C28H24N2O5/c1-3-30(4-2)20-10-9-19-15-21(28(33)35-26(19)16-20)27-29-22-13-17(8-12-25(22)34-27)5-6-18-7-11-23(31)24(32)14-18/h5-16,31-32H,3-4H2,1-2H3. The Hall–Kier alpha value is -4.52. The molecular weight excluding hydrogens is 444 g/mol. The summed E-state index contributed by atoms with van der Waals surface area (Å²) in [5, 5.41) is 19.9. The Morgan fingerprint density at radius 3 is 2.31 bits per heavy atom. The molecule has 0 spiro atoms. The number of fused-ring (bicyclic) bond motifs is 2. The highest BCUT2D eigenvalue weighted by Gasteiger charge is 2.15. The van der Waals surface area contributed by atoms with Crippen LogP contribution in [0, 0.1) is 0 Å². The number of oxazole rings is 1. The van der Waals surface area contributed by atoms with Crippen molar-refractivity contribution >= 4 is 39.9 Å². The minimum Gasteiger partial charge on any atom is -0.504 e. The van der Waals surface area contributed by atoms with Crippen LogP contribution in [0.3, 0.4) is 0 Å². The second-order valence-corrected chi connectivity index (χ2v) is 8.17. The molecule has 5 aromatic rings. The van der Waals surface area contributed by atoms with Crippen molar-refractivity contribution in [2.75, 3.05) is 18.0 Å². The van der Waals surface area contributed by atoms with Crippen molar-refractivity contribution in [3.63, 3.8) is 0 Å². The maximum atomic E-state index is 12.8. The highest BCUT2D eigenvalue weighted by Crippen LogP contribution is 2.29. The Labute approximate surface area is 201 Å². The highest BCUT2D eigenvalue weighted by molar-refractivity contribution is 5.85. The van der Waals surface area contributed by atoms with Gasteiger partial charge in [-0.25, -0.2) is 9.78 Å². The Morgan fingerprint density at radius 1 is 0.829 bits per heavy atom. The van der Waals surface area contributed by atoms with E-state index in [1.807, 2.05) is 42.5 Å². The molecule has 0 amide bonds. The van der Waals surface area contributed by atoms with Gasteiger partial charge in [0.2, 0.25) is 5.89 Å². The highest BCUT2D eigenvalue weighted by atomic mass is 16.4. The van der Waals surface area contributed by atoms with Crippen LogP contribution in [-0.2, 0) is 0 Å². The lowest BCUT2D eigenvalue weighted by Gasteiger charge is -2.20. The molecule has 7 nitrogen and oxygen atoms in total. The van der Waals surface area contributed by atoms with Crippen LogP contribution in [0.25, 0.3) is 45.7 Å². The largest absolute Gasteiger partial charge is 0.504 e. The van der Waals surface area contributed by atoms with E-state index in [2.05, 4.69) is 23.7 Å². The second-order valence-electron chi connectivity index (χ2n) is 8.17. The Bertz CT molecular complexity index is 1630. The maximum absolute atomic E-state index is 12.8. The first kappa shape index (κ1) is 22.3. The van der Waals surface area contributed by atoms with Gasteiger partial charge in [-0.15, -0.1) is 0 Å². The van der Waals surface area contributed by atoms with Crippen molar-refractivity contribution in [1.29, 1.82) is 0 Å². The summed E-state index contributed by atoms with van der Waals surface area (Å²) in [6, 6.07) is 17.7. The minimum absolute atomic E-state index is 0.166. The molecular formula is C28H24N2O5. The van der Waals surface area contributed by atoms with Crippen LogP contribution in [0.5, 0.6) is 11.5 Å². The molecule has 0 fully saturated rings. The van der Waals surface area contributed by atoms with Gasteiger partial charge in [0.25, 0.3) is 0 Å². The van der Waals surface area contributed by atoms with Gasteiger partial charge in [0, 0.05) is 30.2 Å². The Balaban J connectivity index is 1.47. The predicted molar refractivity (Wildman–Crippen MR) is 138 cm³/mol. The first-order chi connectivity index (χ1) is 16.9. The molecule has 2 aromatic heterocycles. The number of aromatic hydroxyl groups is 2. The third-order valence-electron chi connectivity index (χ3n) is 5.96. The molecule has 0 atom stereocenters. The number of benzene rings is 3. The maximum Gasteiger partial charge on any atom is 0.349 e. The number of anilines is 1. The minimum atomic E-state index is -0.506. The van der Waals surface area contributed by atoms with E-state index >= 15 is 0 Å². The van der Waals surface area contributed by atoms with Crippen molar-refractivity contribution in [3.8, 4) is 23.0 Å². The van der Waals surface area contributed by atoms with Crippen LogP contribution in [-0.4, -0.2) is 28.3 Å². The summed E-state index contributed by atoms with van der Waals surface area (Å²) in [6.07, 6.45) is 3.67. The average molecular weight is 469 g/mol. The molecule has 2 N–H and O–H groups in total. The Kier molecular flexibility index (Phi) is 5.74. The molecule has 0 saturated heterocycles. The number of aromatic nitrogens is 1. The molecule has 0 aliphatic carbocycles. The van der Waals surface area contributed by atoms with E-state index < -0.39 is 5.63 Å². The number of hydrogen-bond donors (Lipinski definition) is 2. The predicted octanol–water partition coefficient (Wildman–Crippen LogP) is 6.03. The average Bonchev–Trinajstić information content (AvgIpc) is 3.28. The molecule has 2 heterocycles. The molecule has 0 aliphatic rings. The van der Waals surface area contributed by atoms with E-state index in [0.29, 0.717) is 16.7 Å². The number of phenols is 2. The summed E-state index contributed by atoms with van der Waals surface area (Å²) in [6.45, 7) is 5.89. The van der Waals surface area contributed by atoms with E-state index in [1.54, 1.807) is 18.2 Å². The fourth-order valence-electron chi connectivity index (χ4n) is 4.03. The van der Waals surface area contributed by atoms with Crippen molar-refractivity contribution < 1.29 is 19.0 Å². The zero-order chi connectivity index (χ0) is 24.5. The number of hydrogen-bond acceptors (Lipinski definition) is 7. The molecule has 176 valence electrons. The van der Waals surface area contributed by atoms with Gasteiger partial charge in [-0.05, 0) is 67.4 Å². The van der Waals surface area contributed by atoms with Crippen molar-refractivity contribution in [2.45, 2.75) is 13.8 Å². The number of rotatable bonds is 6. The zero-order valence-corrected chi connectivity index (χ0v) is 19.4. The molecule has 0 saturated carbocycles. The van der Waals surface area contributed by atoms with Crippen LogP contribution >= 0.6 is 0 Å². The third-order valence-corrected chi connectivity index (χ3v) is 5.96. The van der Waals surface area contributed by atoms with E-state index in [4.69, 9.17) is 8.83 Å². The zero-order valence-electron chi connectivity index (χ0n) is 19.4. The molecule has 5 rings (SSSR count). The van der Waals surface area contributed by atoms with Crippen molar-refractivity contribution in [1.82, 2.24) is 4.98 Å². The smallest absolute Gasteiger partial charge is 0.349 e. The van der Waals surface area contributed by atoms with Crippen molar-refractivity contribution in [2.24, 2.45) is 0 Å². The van der Waals surface area contributed by atoms with Gasteiger partial charge in [0.05, 0.1) is 0 Å². The van der Waals surface area contributed by atoms with Crippen LogP contribution in [0.4, 0.5) is 5.69 Å². The van der Waals surface area contributed by atoms with Gasteiger partial charge in [-0.3, -0.25) is 0 Å². The number of phenolic OH excluding ortho intramolecular Hbond substituents is 2. The lowest BCUT2D eigenvalue weighted by molar-refractivity contribution is 0.403. The van der Waals surface area contributed by atoms with Crippen molar-refractivity contribution in [3.05, 3.63) is 82.2 Å². The van der Waals surface area contributed by atoms with Crippen LogP contribution in [0.1, 0.15) is 25.0 Å². The van der Waals surface area contributed by atoms with Gasteiger partial charge >= 0.3 is 5.63 Å². The second kappa shape index (κ2) is 9.02. The third kappa shape index (κ3) is 4.36. The molecule has 0 bridgehead atoms. The van der Waals surface area contributed by atoms with E-state index in [9.17, 15) is 15.0 Å². The SMILES string of the molecule is CCN(CC)c1ccc2cc(-c3nc4cc(C=Cc5ccc(O)c(O)c5)ccc4o3)c(=O)oc2c1. The molecule has 0 aliphatic heterocycles. The normalized spacial score (nSPS) is 11.6. The summed E-state index contributed by atoms with van der Waals surface area (Å²) in [5.41, 5.74) is 4.03. The first-order valence-corrected chi connectivity index (χ1v) is 11.4. The van der Waals surface area contributed by atoms with Crippen LogP contribution in [0.15, 0.2) is 74.3 Å². The molecule has 7 heteroatoms. The monoisotopic (exact) mass is 468 g/mol. The molecule has 35 heavy (non-hydrogen) atoms. The van der Waals surface area contributed by atoms with Crippen LogP contribution < -0.4 is 10.5 Å². The summed E-state index contributed by atoms with van der Waals surface area (Å²) >= 11 is 0. The fraction of sp³-hybridized carbons (Fsp3) is 0.143. The van der Waals surface area contributed by atoms with Gasteiger partial charge in [-0.1, -0.05) is 24.3 Å². The summed E-state index contributed by atoms with van der Waals surface area (Å²) < 4.78 is 11.5. The molecule has 3 aromatic carbocycles. The lowest BCUT2D eigenvalue weighted by Crippen LogP contribution is -2.21. The summed E-state index contributed by atoms with van der Waals surface area (Å²) in [5.74, 6) is -0.142. The number of nitrogens with zero attached hydrogens (tertiary/aromatic N) is 2. The van der Waals surface area contributed by atoms with Gasteiger partial charge in [0.15, 0.2) is 17.1 Å². The Morgan fingerprint density at radius 2 is 1.57 bits per heavy atom. The lowest BCUT2D eigenvalue weighted by atomic mass is 10.1. The van der Waals surface area contributed by atoms with Gasteiger partial charge in [-0.2, -0.15) is 0 Å². The topological polar surface area (TPSA) is 99.9 Å². The van der Waals surface area contributed by atoms with Crippen LogP contribution in [0.2, 0.25) is 0 Å². The summed E-state index contributed by atoms with van der Waals surface area (Å²) in [4.78, 5) is 19.5. The molecule has 0 unspecified atom stereocenters.